The number of amides is 1. The summed E-state index contributed by atoms with van der Waals surface area (Å²) < 4.78 is 1.88. The SMILES string of the molecule is C[C@H](C(=O)NCCc1cnccn1)n1cnc2ccccc21. The third-order valence-corrected chi connectivity index (χ3v) is 3.57. The summed E-state index contributed by atoms with van der Waals surface area (Å²) in [5, 5.41) is 2.93. The molecule has 0 aliphatic rings. The first-order valence-electron chi connectivity index (χ1n) is 7.20. The van der Waals surface area contributed by atoms with Gasteiger partial charge in [0.05, 0.1) is 23.1 Å². The number of benzene rings is 1. The molecule has 6 heteroatoms. The molecule has 6 nitrogen and oxygen atoms in total. The van der Waals surface area contributed by atoms with Crippen molar-refractivity contribution in [2.75, 3.05) is 6.54 Å². The third-order valence-electron chi connectivity index (χ3n) is 3.57. The smallest absolute Gasteiger partial charge is 0.242 e. The maximum Gasteiger partial charge on any atom is 0.242 e. The van der Waals surface area contributed by atoms with Crippen molar-refractivity contribution in [1.82, 2.24) is 24.8 Å². The van der Waals surface area contributed by atoms with Gasteiger partial charge in [-0.25, -0.2) is 4.98 Å². The molecule has 0 spiro atoms. The first-order chi connectivity index (χ1) is 10.8. The van der Waals surface area contributed by atoms with Crippen molar-refractivity contribution < 1.29 is 4.79 Å². The average Bonchev–Trinajstić information content (AvgIpc) is 2.99. The second-order valence-electron chi connectivity index (χ2n) is 5.05. The molecule has 112 valence electrons. The predicted molar refractivity (Wildman–Crippen MR) is 83.2 cm³/mol. The van der Waals surface area contributed by atoms with Gasteiger partial charge in [0.2, 0.25) is 5.91 Å². The van der Waals surface area contributed by atoms with E-state index in [2.05, 4.69) is 20.3 Å². The summed E-state index contributed by atoms with van der Waals surface area (Å²) in [5.41, 5.74) is 2.71. The number of carbonyl (C=O) groups excluding carboxylic acids is 1. The minimum atomic E-state index is -0.311. The standard InChI is InChI=1S/C16H17N5O/c1-12(21-11-20-14-4-2-3-5-15(14)21)16(22)19-7-6-13-10-17-8-9-18-13/h2-5,8-12H,6-7H2,1H3,(H,19,22)/t12-/m1/s1. The van der Waals surface area contributed by atoms with Crippen molar-refractivity contribution >= 4 is 16.9 Å². The molecule has 0 fully saturated rings. The van der Waals surface area contributed by atoms with Crippen LogP contribution in [-0.2, 0) is 11.2 Å². The molecule has 0 unspecified atom stereocenters. The minimum absolute atomic E-state index is 0.0351. The van der Waals surface area contributed by atoms with Gasteiger partial charge in [-0.15, -0.1) is 0 Å². The minimum Gasteiger partial charge on any atom is -0.354 e. The fourth-order valence-corrected chi connectivity index (χ4v) is 2.33. The molecule has 0 bridgehead atoms. The van der Waals surface area contributed by atoms with E-state index in [0.717, 1.165) is 16.7 Å². The predicted octanol–water partition coefficient (Wildman–Crippen LogP) is 1.75. The Labute approximate surface area is 128 Å². The Hall–Kier alpha value is -2.76. The van der Waals surface area contributed by atoms with Gasteiger partial charge in [0.1, 0.15) is 6.04 Å². The van der Waals surface area contributed by atoms with Crippen molar-refractivity contribution in [3.63, 3.8) is 0 Å². The van der Waals surface area contributed by atoms with Gasteiger partial charge in [0.15, 0.2) is 0 Å². The molecule has 0 radical (unpaired) electrons. The largest absolute Gasteiger partial charge is 0.354 e. The summed E-state index contributed by atoms with van der Waals surface area (Å²) in [6, 6.07) is 7.47. The van der Waals surface area contributed by atoms with Crippen LogP contribution in [0.5, 0.6) is 0 Å². The van der Waals surface area contributed by atoms with Crippen LogP contribution in [0.1, 0.15) is 18.7 Å². The van der Waals surface area contributed by atoms with Crippen LogP contribution in [0.25, 0.3) is 11.0 Å². The van der Waals surface area contributed by atoms with Gasteiger partial charge in [-0.1, -0.05) is 12.1 Å². The first kappa shape index (κ1) is 14.2. The van der Waals surface area contributed by atoms with Crippen molar-refractivity contribution in [2.24, 2.45) is 0 Å². The van der Waals surface area contributed by atoms with Gasteiger partial charge in [-0.05, 0) is 19.1 Å². The number of imidazole rings is 1. The quantitative estimate of drug-likeness (QED) is 0.778. The molecule has 1 atom stereocenters. The molecule has 2 aromatic heterocycles. The van der Waals surface area contributed by atoms with Gasteiger partial charge < -0.3 is 9.88 Å². The Morgan fingerprint density at radius 3 is 2.95 bits per heavy atom. The van der Waals surface area contributed by atoms with Crippen LogP contribution in [0, 0.1) is 0 Å². The fraction of sp³-hybridized carbons (Fsp3) is 0.250. The number of carbonyl (C=O) groups is 1. The van der Waals surface area contributed by atoms with E-state index < -0.39 is 0 Å². The molecule has 0 saturated heterocycles. The van der Waals surface area contributed by atoms with E-state index in [1.54, 1.807) is 24.9 Å². The zero-order valence-electron chi connectivity index (χ0n) is 12.3. The Morgan fingerprint density at radius 2 is 2.14 bits per heavy atom. The van der Waals surface area contributed by atoms with E-state index in [-0.39, 0.29) is 11.9 Å². The van der Waals surface area contributed by atoms with Crippen LogP contribution in [0.3, 0.4) is 0 Å². The number of hydrogen-bond acceptors (Lipinski definition) is 4. The first-order valence-corrected chi connectivity index (χ1v) is 7.20. The van der Waals surface area contributed by atoms with Gasteiger partial charge in [-0.3, -0.25) is 14.8 Å². The Bertz CT molecular complexity index is 768. The van der Waals surface area contributed by atoms with Crippen LogP contribution < -0.4 is 5.32 Å². The molecular formula is C16H17N5O. The molecular weight excluding hydrogens is 278 g/mol. The molecule has 22 heavy (non-hydrogen) atoms. The highest BCUT2D eigenvalue weighted by Gasteiger charge is 2.16. The lowest BCUT2D eigenvalue weighted by atomic mass is 10.2. The number of rotatable bonds is 5. The summed E-state index contributed by atoms with van der Waals surface area (Å²) >= 11 is 0. The van der Waals surface area contributed by atoms with Crippen LogP contribution in [-0.4, -0.2) is 32.0 Å². The second kappa shape index (κ2) is 6.34. The Morgan fingerprint density at radius 1 is 1.27 bits per heavy atom. The van der Waals surface area contributed by atoms with Crippen LogP contribution in [0.2, 0.25) is 0 Å². The number of aromatic nitrogens is 4. The van der Waals surface area contributed by atoms with Crippen molar-refractivity contribution in [3.8, 4) is 0 Å². The van der Waals surface area contributed by atoms with Gasteiger partial charge >= 0.3 is 0 Å². The van der Waals surface area contributed by atoms with E-state index >= 15 is 0 Å². The molecule has 1 amide bonds. The zero-order chi connectivity index (χ0) is 15.4. The number of para-hydroxylation sites is 2. The van der Waals surface area contributed by atoms with Crippen molar-refractivity contribution in [1.29, 1.82) is 0 Å². The molecule has 1 N–H and O–H groups in total. The summed E-state index contributed by atoms with van der Waals surface area (Å²) in [4.78, 5) is 24.8. The van der Waals surface area contributed by atoms with E-state index in [1.807, 2.05) is 35.8 Å². The Balaban J connectivity index is 1.62. The fourth-order valence-electron chi connectivity index (χ4n) is 2.33. The Kier molecular flexibility index (Phi) is 4.09. The zero-order valence-corrected chi connectivity index (χ0v) is 12.3. The van der Waals surface area contributed by atoms with Gasteiger partial charge in [-0.2, -0.15) is 0 Å². The van der Waals surface area contributed by atoms with E-state index in [0.29, 0.717) is 13.0 Å². The highest BCUT2D eigenvalue weighted by atomic mass is 16.2. The number of fused-ring (bicyclic) bond motifs is 1. The molecule has 2 heterocycles. The summed E-state index contributed by atoms with van der Waals surface area (Å²) in [6.07, 6.45) is 7.36. The van der Waals surface area contributed by atoms with E-state index in [4.69, 9.17) is 0 Å². The molecule has 3 aromatic rings. The molecule has 0 aliphatic heterocycles. The number of hydrogen-bond donors (Lipinski definition) is 1. The highest BCUT2D eigenvalue weighted by molar-refractivity contribution is 5.83. The molecule has 1 aromatic carbocycles. The van der Waals surface area contributed by atoms with Crippen LogP contribution >= 0.6 is 0 Å². The summed E-state index contributed by atoms with van der Waals surface area (Å²) in [7, 11) is 0. The van der Waals surface area contributed by atoms with Crippen LogP contribution in [0.15, 0.2) is 49.2 Å². The lowest BCUT2D eigenvalue weighted by Crippen LogP contribution is -2.32. The van der Waals surface area contributed by atoms with Crippen molar-refractivity contribution in [3.05, 3.63) is 54.9 Å². The third kappa shape index (κ3) is 2.95. The van der Waals surface area contributed by atoms with Gasteiger partial charge in [0, 0.05) is 31.6 Å². The molecule has 0 aliphatic carbocycles. The normalized spacial score (nSPS) is 12.2. The van der Waals surface area contributed by atoms with Crippen molar-refractivity contribution in [2.45, 2.75) is 19.4 Å². The lowest BCUT2D eigenvalue weighted by molar-refractivity contribution is -0.123. The number of nitrogens with one attached hydrogen (secondary N) is 1. The maximum absolute atomic E-state index is 12.3. The second-order valence-corrected chi connectivity index (χ2v) is 5.05. The van der Waals surface area contributed by atoms with E-state index in [1.165, 1.54) is 0 Å². The van der Waals surface area contributed by atoms with Gasteiger partial charge in [0.25, 0.3) is 0 Å². The highest BCUT2D eigenvalue weighted by Crippen LogP contribution is 2.17. The lowest BCUT2D eigenvalue weighted by Gasteiger charge is -2.14. The number of nitrogens with zero attached hydrogens (tertiary/aromatic N) is 4. The average molecular weight is 295 g/mol. The van der Waals surface area contributed by atoms with E-state index in [9.17, 15) is 4.79 Å². The summed E-state index contributed by atoms with van der Waals surface area (Å²) in [6.45, 7) is 2.40. The summed E-state index contributed by atoms with van der Waals surface area (Å²) in [5.74, 6) is -0.0351. The van der Waals surface area contributed by atoms with Crippen LogP contribution in [0.4, 0.5) is 0 Å². The topological polar surface area (TPSA) is 72.7 Å². The molecule has 3 rings (SSSR count). The monoisotopic (exact) mass is 295 g/mol. The maximum atomic E-state index is 12.3. The molecule has 0 saturated carbocycles.